The van der Waals surface area contributed by atoms with E-state index in [9.17, 15) is 4.79 Å². The maximum atomic E-state index is 11.8. The number of aliphatic imine (C=N–C) groups is 1. The second-order valence-electron chi connectivity index (χ2n) is 6.74. The molecule has 2 aromatic carbocycles. The lowest BCUT2D eigenvalue weighted by Gasteiger charge is -2.18. The first kappa shape index (κ1) is 26.5. The number of nitrogens with one attached hydrogen (secondary N) is 3. The van der Waals surface area contributed by atoms with E-state index in [1.54, 1.807) is 7.11 Å². The molecule has 0 heterocycles. The van der Waals surface area contributed by atoms with Gasteiger partial charge in [-0.15, -0.1) is 24.0 Å². The molecule has 0 aliphatic rings. The molecule has 7 nitrogen and oxygen atoms in total. The SMILES string of the molecule is CCNC(=O)c1ccc(CN=C(NCC)NCC(C)Oc2cccc(OC)c2)cc1.I. The summed E-state index contributed by atoms with van der Waals surface area (Å²) in [6, 6.07) is 15.0. The Kier molecular flexibility index (Phi) is 12.4. The fourth-order valence-electron chi connectivity index (χ4n) is 2.73. The molecule has 3 N–H and O–H groups in total. The third-order valence-electron chi connectivity index (χ3n) is 4.25. The molecule has 1 unspecified atom stereocenters. The van der Waals surface area contributed by atoms with Crippen LogP contribution in [-0.4, -0.2) is 44.7 Å². The second kappa shape index (κ2) is 14.5. The number of nitrogens with zero attached hydrogens (tertiary/aromatic N) is 1. The Hall–Kier alpha value is -2.49. The summed E-state index contributed by atoms with van der Waals surface area (Å²) in [6.07, 6.45) is -0.0580. The monoisotopic (exact) mass is 540 g/mol. The highest BCUT2D eigenvalue weighted by molar-refractivity contribution is 14.0. The first-order valence-electron chi connectivity index (χ1n) is 10.3. The molecule has 0 bridgehead atoms. The fourth-order valence-corrected chi connectivity index (χ4v) is 2.73. The van der Waals surface area contributed by atoms with Gasteiger partial charge >= 0.3 is 0 Å². The van der Waals surface area contributed by atoms with Gasteiger partial charge in [0.15, 0.2) is 5.96 Å². The number of carbonyl (C=O) groups excluding carboxylic acids is 1. The van der Waals surface area contributed by atoms with E-state index < -0.39 is 0 Å². The predicted molar refractivity (Wildman–Crippen MR) is 136 cm³/mol. The first-order chi connectivity index (χ1) is 14.5. The Labute approximate surface area is 202 Å². The highest BCUT2D eigenvalue weighted by atomic mass is 127. The molecule has 0 fully saturated rings. The van der Waals surface area contributed by atoms with Gasteiger partial charge in [0.25, 0.3) is 5.91 Å². The van der Waals surface area contributed by atoms with Crippen molar-refractivity contribution in [2.45, 2.75) is 33.4 Å². The van der Waals surface area contributed by atoms with E-state index >= 15 is 0 Å². The molecule has 0 aliphatic carbocycles. The Balaban J connectivity index is 0.00000480. The predicted octanol–water partition coefficient (Wildman–Crippen LogP) is 3.59. The quantitative estimate of drug-likeness (QED) is 0.244. The minimum atomic E-state index is -0.0624. The summed E-state index contributed by atoms with van der Waals surface area (Å²) >= 11 is 0. The van der Waals surface area contributed by atoms with Crippen molar-refractivity contribution >= 4 is 35.8 Å². The summed E-state index contributed by atoms with van der Waals surface area (Å²) in [5.74, 6) is 2.18. The number of hydrogen-bond donors (Lipinski definition) is 3. The molecule has 31 heavy (non-hydrogen) atoms. The van der Waals surface area contributed by atoms with Gasteiger partial charge in [-0.1, -0.05) is 18.2 Å². The van der Waals surface area contributed by atoms with Crippen LogP contribution in [0.2, 0.25) is 0 Å². The Bertz CT molecular complexity index is 828. The summed E-state index contributed by atoms with van der Waals surface area (Å²) < 4.78 is 11.2. The largest absolute Gasteiger partial charge is 0.497 e. The number of halogens is 1. The lowest BCUT2D eigenvalue weighted by molar-refractivity contribution is 0.0956. The van der Waals surface area contributed by atoms with Crippen molar-refractivity contribution in [3.8, 4) is 11.5 Å². The van der Waals surface area contributed by atoms with Crippen LogP contribution >= 0.6 is 24.0 Å². The summed E-state index contributed by atoms with van der Waals surface area (Å²) in [6.45, 7) is 8.40. The summed E-state index contributed by atoms with van der Waals surface area (Å²) in [5.41, 5.74) is 1.68. The normalized spacial score (nSPS) is 11.7. The van der Waals surface area contributed by atoms with Gasteiger partial charge in [-0.3, -0.25) is 4.79 Å². The number of hydrogen-bond acceptors (Lipinski definition) is 4. The van der Waals surface area contributed by atoms with Crippen molar-refractivity contribution < 1.29 is 14.3 Å². The van der Waals surface area contributed by atoms with E-state index in [0.29, 0.717) is 31.2 Å². The Morgan fingerprint density at radius 3 is 2.32 bits per heavy atom. The maximum absolute atomic E-state index is 11.8. The number of benzene rings is 2. The number of methoxy groups -OCH3 is 1. The molecule has 1 amide bonds. The van der Waals surface area contributed by atoms with E-state index in [1.165, 1.54) is 0 Å². The lowest BCUT2D eigenvalue weighted by Crippen LogP contribution is -2.41. The number of rotatable bonds is 10. The van der Waals surface area contributed by atoms with Crippen LogP contribution in [0, 0.1) is 0 Å². The van der Waals surface area contributed by atoms with E-state index in [2.05, 4.69) is 20.9 Å². The van der Waals surface area contributed by atoms with Crippen LogP contribution in [0.3, 0.4) is 0 Å². The molecule has 8 heteroatoms. The van der Waals surface area contributed by atoms with Crippen molar-refractivity contribution in [3.63, 3.8) is 0 Å². The zero-order valence-electron chi connectivity index (χ0n) is 18.6. The average Bonchev–Trinajstić information content (AvgIpc) is 2.76. The van der Waals surface area contributed by atoms with Crippen LogP contribution in [0.25, 0.3) is 0 Å². The Morgan fingerprint density at radius 1 is 1.00 bits per heavy atom. The van der Waals surface area contributed by atoms with Crippen molar-refractivity contribution in [2.24, 2.45) is 4.99 Å². The van der Waals surface area contributed by atoms with Gasteiger partial charge in [-0.25, -0.2) is 4.99 Å². The van der Waals surface area contributed by atoms with Gasteiger partial charge in [0.1, 0.15) is 17.6 Å². The molecule has 0 saturated carbocycles. The van der Waals surface area contributed by atoms with Crippen molar-refractivity contribution in [2.75, 3.05) is 26.7 Å². The van der Waals surface area contributed by atoms with Crippen LogP contribution < -0.4 is 25.4 Å². The zero-order valence-corrected chi connectivity index (χ0v) is 20.9. The average molecular weight is 540 g/mol. The molecule has 1 atom stereocenters. The third-order valence-corrected chi connectivity index (χ3v) is 4.25. The number of carbonyl (C=O) groups is 1. The van der Waals surface area contributed by atoms with Crippen LogP contribution in [0.4, 0.5) is 0 Å². The van der Waals surface area contributed by atoms with Crippen LogP contribution in [-0.2, 0) is 6.54 Å². The topological polar surface area (TPSA) is 84.0 Å². The standard InChI is InChI=1S/C23H32N4O3.HI/c1-5-24-22(28)19-12-10-18(11-13-19)16-27-23(25-6-2)26-15-17(3)30-21-9-7-8-20(14-21)29-4;/h7-14,17H,5-6,15-16H2,1-4H3,(H,24,28)(H2,25,26,27);1H. The van der Waals surface area contributed by atoms with Crippen molar-refractivity contribution in [1.29, 1.82) is 0 Å². The minimum Gasteiger partial charge on any atom is -0.497 e. The molecule has 0 aliphatic heterocycles. The number of ether oxygens (including phenoxy) is 2. The van der Waals surface area contributed by atoms with Gasteiger partial charge in [0, 0.05) is 24.7 Å². The van der Waals surface area contributed by atoms with Crippen molar-refractivity contribution in [1.82, 2.24) is 16.0 Å². The second-order valence-corrected chi connectivity index (χ2v) is 6.74. The van der Waals surface area contributed by atoms with Crippen LogP contribution in [0.5, 0.6) is 11.5 Å². The molecular weight excluding hydrogens is 507 g/mol. The molecule has 0 aromatic heterocycles. The molecule has 0 spiro atoms. The van der Waals surface area contributed by atoms with E-state index in [0.717, 1.165) is 23.6 Å². The van der Waals surface area contributed by atoms with E-state index in [1.807, 2.05) is 69.3 Å². The lowest BCUT2D eigenvalue weighted by atomic mass is 10.1. The molecule has 0 radical (unpaired) electrons. The highest BCUT2D eigenvalue weighted by Gasteiger charge is 2.07. The molecule has 170 valence electrons. The summed E-state index contributed by atoms with van der Waals surface area (Å²) in [4.78, 5) is 16.5. The first-order valence-corrected chi connectivity index (χ1v) is 10.3. The van der Waals surface area contributed by atoms with Gasteiger partial charge in [0.2, 0.25) is 0 Å². The number of guanidine groups is 1. The number of amides is 1. The Morgan fingerprint density at radius 2 is 1.68 bits per heavy atom. The van der Waals surface area contributed by atoms with Crippen LogP contribution in [0.1, 0.15) is 36.7 Å². The molecular formula is C23H33IN4O3. The van der Waals surface area contributed by atoms with Gasteiger partial charge in [0.05, 0.1) is 20.2 Å². The fraction of sp³-hybridized carbons (Fsp3) is 0.391. The van der Waals surface area contributed by atoms with Gasteiger partial charge < -0.3 is 25.4 Å². The highest BCUT2D eigenvalue weighted by Crippen LogP contribution is 2.19. The van der Waals surface area contributed by atoms with E-state index in [4.69, 9.17) is 9.47 Å². The van der Waals surface area contributed by atoms with Crippen LogP contribution in [0.15, 0.2) is 53.5 Å². The summed E-state index contributed by atoms with van der Waals surface area (Å²) in [5, 5.41) is 9.33. The van der Waals surface area contributed by atoms with Crippen molar-refractivity contribution in [3.05, 3.63) is 59.7 Å². The molecule has 2 aromatic rings. The van der Waals surface area contributed by atoms with Gasteiger partial charge in [-0.05, 0) is 50.6 Å². The molecule has 0 saturated heterocycles. The zero-order chi connectivity index (χ0) is 21.8. The maximum Gasteiger partial charge on any atom is 0.251 e. The smallest absolute Gasteiger partial charge is 0.251 e. The third kappa shape index (κ3) is 9.46. The summed E-state index contributed by atoms with van der Waals surface area (Å²) in [7, 11) is 1.64. The molecule has 2 rings (SSSR count). The van der Waals surface area contributed by atoms with Gasteiger partial charge in [-0.2, -0.15) is 0 Å². The minimum absolute atomic E-state index is 0. The van der Waals surface area contributed by atoms with E-state index in [-0.39, 0.29) is 36.0 Å².